The monoisotopic (exact) mass is 324 g/mol. The van der Waals surface area contributed by atoms with Crippen molar-refractivity contribution in [3.8, 4) is 11.3 Å². The van der Waals surface area contributed by atoms with Crippen molar-refractivity contribution >= 4 is 5.91 Å². The molecular weight excluding hydrogens is 308 g/mol. The van der Waals surface area contributed by atoms with Crippen molar-refractivity contribution in [3.05, 3.63) is 53.8 Å². The van der Waals surface area contributed by atoms with Crippen LogP contribution in [-0.2, 0) is 16.8 Å². The summed E-state index contributed by atoms with van der Waals surface area (Å²) < 4.78 is 10.4. The van der Waals surface area contributed by atoms with E-state index in [0.29, 0.717) is 23.2 Å². The van der Waals surface area contributed by atoms with Gasteiger partial charge in [-0.1, -0.05) is 40.6 Å². The van der Waals surface area contributed by atoms with Gasteiger partial charge in [-0.05, 0) is 19.8 Å². The number of hydrogen-bond donors (Lipinski definition) is 1. The molecule has 3 aromatic rings. The second-order valence-electron chi connectivity index (χ2n) is 5.94. The van der Waals surface area contributed by atoms with Crippen molar-refractivity contribution in [3.63, 3.8) is 0 Å². The van der Waals surface area contributed by atoms with Gasteiger partial charge in [0.25, 0.3) is 0 Å². The first kappa shape index (κ1) is 14.6. The highest BCUT2D eigenvalue weighted by atomic mass is 16.5. The van der Waals surface area contributed by atoms with Gasteiger partial charge in [-0.15, -0.1) is 0 Å². The van der Waals surface area contributed by atoms with E-state index in [4.69, 9.17) is 9.05 Å². The highest BCUT2D eigenvalue weighted by molar-refractivity contribution is 5.90. The molecule has 0 bridgehead atoms. The zero-order valence-electron chi connectivity index (χ0n) is 13.2. The zero-order valence-corrected chi connectivity index (χ0v) is 13.2. The van der Waals surface area contributed by atoms with E-state index in [1.807, 2.05) is 36.4 Å². The van der Waals surface area contributed by atoms with E-state index >= 15 is 0 Å². The maximum atomic E-state index is 12.6. The summed E-state index contributed by atoms with van der Waals surface area (Å²) in [5.41, 5.74) is 1.00. The molecule has 1 aliphatic carbocycles. The van der Waals surface area contributed by atoms with Gasteiger partial charge >= 0.3 is 0 Å². The van der Waals surface area contributed by atoms with Gasteiger partial charge < -0.3 is 14.4 Å². The van der Waals surface area contributed by atoms with Crippen molar-refractivity contribution in [1.29, 1.82) is 0 Å². The van der Waals surface area contributed by atoms with Crippen LogP contribution in [0.4, 0.5) is 0 Å². The summed E-state index contributed by atoms with van der Waals surface area (Å²) in [4.78, 5) is 16.6. The van der Waals surface area contributed by atoms with E-state index in [1.54, 1.807) is 6.92 Å². The third-order valence-electron chi connectivity index (χ3n) is 4.21. The fourth-order valence-electron chi connectivity index (χ4n) is 2.70. The predicted molar refractivity (Wildman–Crippen MR) is 83.7 cm³/mol. The summed E-state index contributed by atoms with van der Waals surface area (Å²) in [5, 5.41) is 10.7. The molecule has 1 aromatic carbocycles. The molecule has 1 fully saturated rings. The summed E-state index contributed by atoms with van der Waals surface area (Å²) in [6.07, 6.45) is 1.50. The van der Waals surface area contributed by atoms with Gasteiger partial charge in [0.1, 0.15) is 0 Å². The Hall–Kier alpha value is -2.96. The Labute approximate surface area is 138 Å². The van der Waals surface area contributed by atoms with E-state index < -0.39 is 5.41 Å². The van der Waals surface area contributed by atoms with E-state index in [1.165, 1.54) is 0 Å². The number of aromatic nitrogens is 3. The smallest absolute Gasteiger partial charge is 0.246 e. The Morgan fingerprint density at radius 1 is 1.21 bits per heavy atom. The molecule has 4 rings (SSSR count). The van der Waals surface area contributed by atoms with Crippen LogP contribution >= 0.6 is 0 Å². The number of benzene rings is 1. The molecule has 0 spiro atoms. The van der Waals surface area contributed by atoms with Gasteiger partial charge in [-0.3, -0.25) is 4.79 Å². The molecule has 0 radical (unpaired) electrons. The number of aryl methyl sites for hydroxylation is 1. The number of rotatable bonds is 5. The van der Waals surface area contributed by atoms with Gasteiger partial charge in [-0.25, -0.2) is 0 Å². The van der Waals surface area contributed by atoms with Gasteiger partial charge in [0.15, 0.2) is 11.6 Å². The molecule has 24 heavy (non-hydrogen) atoms. The molecular formula is C17H16N4O3. The maximum absolute atomic E-state index is 12.6. The molecule has 0 unspecified atom stereocenters. The molecule has 0 atom stereocenters. The van der Waals surface area contributed by atoms with Crippen molar-refractivity contribution in [2.75, 3.05) is 0 Å². The molecule has 2 heterocycles. The molecule has 7 heteroatoms. The quantitative estimate of drug-likeness (QED) is 0.774. The standard InChI is InChI=1S/C17H16N4O3/c1-11-19-15(24-20-11)10-18-16(22)17(7-8-17)14-9-13(23-21-14)12-5-3-2-4-6-12/h2-6,9H,7-8,10H2,1H3,(H,18,22). The Bertz CT molecular complexity index is 865. The third-order valence-corrected chi connectivity index (χ3v) is 4.21. The third kappa shape index (κ3) is 2.58. The van der Waals surface area contributed by atoms with Crippen LogP contribution < -0.4 is 5.32 Å². The minimum absolute atomic E-state index is 0.0914. The van der Waals surface area contributed by atoms with Crippen LogP contribution in [0.15, 0.2) is 45.4 Å². The van der Waals surface area contributed by atoms with Crippen molar-refractivity contribution < 1.29 is 13.8 Å². The summed E-state index contributed by atoms with van der Waals surface area (Å²) in [7, 11) is 0. The molecule has 122 valence electrons. The highest BCUT2D eigenvalue weighted by Crippen LogP contribution is 2.48. The van der Waals surface area contributed by atoms with Crippen LogP contribution in [0.1, 0.15) is 30.3 Å². The lowest BCUT2D eigenvalue weighted by Gasteiger charge is -2.10. The first-order chi connectivity index (χ1) is 11.7. The molecule has 1 N–H and O–H groups in total. The predicted octanol–water partition coefficient (Wildman–Crippen LogP) is 2.38. The maximum Gasteiger partial charge on any atom is 0.246 e. The van der Waals surface area contributed by atoms with E-state index in [-0.39, 0.29) is 12.5 Å². The average molecular weight is 324 g/mol. The lowest BCUT2D eigenvalue weighted by Crippen LogP contribution is -2.34. The second kappa shape index (κ2) is 5.59. The van der Waals surface area contributed by atoms with E-state index in [9.17, 15) is 4.79 Å². The molecule has 2 aromatic heterocycles. The lowest BCUT2D eigenvalue weighted by atomic mass is 10.0. The van der Waals surface area contributed by atoms with Crippen molar-refractivity contribution in [2.24, 2.45) is 0 Å². The molecule has 0 saturated heterocycles. The largest absolute Gasteiger partial charge is 0.356 e. The molecule has 1 saturated carbocycles. The van der Waals surface area contributed by atoms with E-state index in [0.717, 1.165) is 18.4 Å². The number of hydrogen-bond acceptors (Lipinski definition) is 6. The van der Waals surface area contributed by atoms with E-state index in [2.05, 4.69) is 20.6 Å². The minimum Gasteiger partial charge on any atom is -0.356 e. The Balaban J connectivity index is 1.49. The summed E-state index contributed by atoms with van der Waals surface area (Å²) in [6.45, 7) is 1.95. The van der Waals surface area contributed by atoms with Gasteiger partial charge in [-0.2, -0.15) is 4.98 Å². The second-order valence-corrected chi connectivity index (χ2v) is 5.94. The van der Waals surface area contributed by atoms with Gasteiger partial charge in [0.05, 0.1) is 17.7 Å². The molecule has 0 aliphatic heterocycles. The summed E-state index contributed by atoms with van der Waals surface area (Å²) in [5.74, 6) is 1.51. The minimum atomic E-state index is -0.606. The van der Waals surface area contributed by atoms with Crippen LogP contribution in [-0.4, -0.2) is 21.2 Å². The fraction of sp³-hybridized carbons (Fsp3) is 0.294. The van der Waals surface area contributed by atoms with Crippen LogP contribution in [0, 0.1) is 6.92 Å². The number of amides is 1. The van der Waals surface area contributed by atoms with Crippen molar-refractivity contribution in [2.45, 2.75) is 31.7 Å². The summed E-state index contributed by atoms with van der Waals surface area (Å²) >= 11 is 0. The molecule has 1 aliphatic rings. The number of nitrogens with one attached hydrogen (secondary N) is 1. The van der Waals surface area contributed by atoms with Crippen LogP contribution in [0.5, 0.6) is 0 Å². The SMILES string of the molecule is Cc1noc(CNC(=O)C2(c3cc(-c4ccccc4)on3)CC2)n1. The van der Waals surface area contributed by atoms with Crippen LogP contribution in [0.3, 0.4) is 0 Å². The highest BCUT2D eigenvalue weighted by Gasteiger charge is 2.53. The average Bonchev–Trinajstić information content (AvgIpc) is 3.07. The fourth-order valence-corrected chi connectivity index (χ4v) is 2.70. The zero-order chi connectivity index (χ0) is 16.6. The Morgan fingerprint density at radius 2 is 2.00 bits per heavy atom. The lowest BCUT2D eigenvalue weighted by molar-refractivity contribution is -0.124. The topological polar surface area (TPSA) is 94.1 Å². The Kier molecular flexibility index (Phi) is 3.41. The van der Waals surface area contributed by atoms with Crippen LogP contribution in [0.25, 0.3) is 11.3 Å². The number of carbonyl (C=O) groups excluding carboxylic acids is 1. The molecule has 7 nitrogen and oxygen atoms in total. The Morgan fingerprint density at radius 3 is 2.67 bits per heavy atom. The first-order valence-electron chi connectivity index (χ1n) is 7.77. The normalized spacial score (nSPS) is 15.2. The number of nitrogens with zero attached hydrogens (tertiary/aromatic N) is 3. The van der Waals surface area contributed by atoms with Gasteiger partial charge in [0.2, 0.25) is 11.8 Å². The number of carbonyl (C=O) groups is 1. The first-order valence-corrected chi connectivity index (χ1v) is 7.77. The summed E-state index contributed by atoms with van der Waals surface area (Å²) in [6, 6.07) is 11.5. The van der Waals surface area contributed by atoms with Crippen molar-refractivity contribution in [1.82, 2.24) is 20.6 Å². The van der Waals surface area contributed by atoms with Gasteiger partial charge in [0, 0.05) is 11.6 Å². The molecule has 1 amide bonds. The van der Waals surface area contributed by atoms with Crippen LogP contribution in [0.2, 0.25) is 0 Å².